The average Bonchev–Trinajstić information content (AvgIpc) is 2.68. The molecule has 3 saturated heterocycles. The number of rotatable bonds is 5. The number of hydrogen-bond donors (Lipinski definition) is 1. The van der Waals surface area contributed by atoms with Crippen molar-refractivity contribution in [1.29, 1.82) is 0 Å². The van der Waals surface area contributed by atoms with Crippen LogP contribution in [0.15, 0.2) is 0 Å². The van der Waals surface area contributed by atoms with E-state index in [-0.39, 0.29) is 5.91 Å². The van der Waals surface area contributed by atoms with Gasteiger partial charge in [0.05, 0.1) is 13.2 Å². The lowest BCUT2D eigenvalue weighted by molar-refractivity contribution is -0.132. The number of carbonyl (C=O) groups is 1. The molecular formula is C15H29N5O4S. The molecule has 0 atom stereocenters. The molecular weight excluding hydrogens is 346 g/mol. The summed E-state index contributed by atoms with van der Waals surface area (Å²) in [4.78, 5) is 16.3. The van der Waals surface area contributed by atoms with Crippen LogP contribution in [0.25, 0.3) is 0 Å². The van der Waals surface area contributed by atoms with E-state index in [0.717, 1.165) is 26.2 Å². The van der Waals surface area contributed by atoms with Gasteiger partial charge in [-0.05, 0) is 0 Å². The summed E-state index contributed by atoms with van der Waals surface area (Å²) in [6, 6.07) is 0. The summed E-state index contributed by atoms with van der Waals surface area (Å²) < 4.78 is 33.6. The normalized spacial score (nSPS) is 25.2. The Morgan fingerprint density at radius 1 is 0.880 bits per heavy atom. The number of hydrogen-bond acceptors (Lipinski definition) is 6. The average molecular weight is 375 g/mol. The standard InChI is InChI=1S/C15H29N5O4S/c21-15(18-5-2-16-3-6-18)1-4-17-7-9-19(10-8-17)25(22,23)20-11-13-24-14-12-20/h16H,1-14H2. The summed E-state index contributed by atoms with van der Waals surface area (Å²) in [7, 11) is -3.38. The van der Waals surface area contributed by atoms with Gasteiger partial charge in [-0.15, -0.1) is 0 Å². The third-order valence-electron chi connectivity index (χ3n) is 5.07. The third-order valence-corrected chi connectivity index (χ3v) is 7.10. The van der Waals surface area contributed by atoms with Crippen molar-refractivity contribution in [3.63, 3.8) is 0 Å². The van der Waals surface area contributed by atoms with Crippen molar-refractivity contribution in [2.45, 2.75) is 6.42 Å². The molecule has 25 heavy (non-hydrogen) atoms. The maximum atomic E-state index is 12.6. The van der Waals surface area contributed by atoms with Crippen LogP contribution in [-0.2, 0) is 19.7 Å². The summed E-state index contributed by atoms with van der Waals surface area (Å²) in [5.74, 6) is 0.199. The van der Waals surface area contributed by atoms with Crippen molar-refractivity contribution in [2.24, 2.45) is 0 Å². The zero-order valence-corrected chi connectivity index (χ0v) is 15.5. The first-order valence-electron chi connectivity index (χ1n) is 9.11. The molecule has 3 aliphatic heterocycles. The van der Waals surface area contributed by atoms with Crippen LogP contribution in [0, 0.1) is 0 Å². The fraction of sp³-hybridized carbons (Fsp3) is 0.933. The van der Waals surface area contributed by atoms with Crippen LogP contribution in [0.3, 0.4) is 0 Å². The summed E-state index contributed by atoms with van der Waals surface area (Å²) in [5, 5.41) is 3.24. The Bertz CT molecular complexity index is 538. The van der Waals surface area contributed by atoms with Gasteiger partial charge in [-0.3, -0.25) is 4.79 Å². The van der Waals surface area contributed by atoms with E-state index in [2.05, 4.69) is 10.2 Å². The number of piperazine rings is 2. The molecule has 0 unspecified atom stereocenters. The van der Waals surface area contributed by atoms with E-state index >= 15 is 0 Å². The van der Waals surface area contributed by atoms with Gasteiger partial charge in [0.15, 0.2) is 0 Å². The van der Waals surface area contributed by atoms with Crippen molar-refractivity contribution in [2.75, 3.05) is 85.2 Å². The highest BCUT2D eigenvalue weighted by atomic mass is 32.2. The predicted octanol–water partition coefficient (Wildman–Crippen LogP) is -2.00. The van der Waals surface area contributed by atoms with Crippen LogP contribution >= 0.6 is 0 Å². The third kappa shape index (κ3) is 4.89. The Morgan fingerprint density at radius 3 is 2.12 bits per heavy atom. The number of nitrogens with one attached hydrogen (secondary N) is 1. The van der Waals surface area contributed by atoms with Crippen molar-refractivity contribution in [1.82, 2.24) is 23.7 Å². The molecule has 3 heterocycles. The molecule has 0 spiro atoms. The molecule has 9 nitrogen and oxygen atoms in total. The SMILES string of the molecule is O=C(CCN1CCN(S(=O)(=O)N2CCOCC2)CC1)N1CCNCC1. The molecule has 1 N–H and O–H groups in total. The van der Waals surface area contributed by atoms with Crippen molar-refractivity contribution < 1.29 is 17.9 Å². The molecule has 0 aromatic heterocycles. The minimum Gasteiger partial charge on any atom is -0.379 e. The molecule has 3 fully saturated rings. The van der Waals surface area contributed by atoms with Gasteiger partial charge in [0.2, 0.25) is 5.91 Å². The number of ether oxygens (including phenoxy) is 1. The quantitative estimate of drug-likeness (QED) is 0.599. The molecule has 10 heteroatoms. The highest BCUT2D eigenvalue weighted by molar-refractivity contribution is 7.86. The number of carbonyl (C=O) groups excluding carboxylic acids is 1. The van der Waals surface area contributed by atoms with Gasteiger partial charge in [0, 0.05) is 78.4 Å². The first-order chi connectivity index (χ1) is 12.1. The highest BCUT2D eigenvalue weighted by Crippen LogP contribution is 2.14. The molecule has 144 valence electrons. The zero-order valence-electron chi connectivity index (χ0n) is 14.7. The first-order valence-corrected chi connectivity index (χ1v) is 10.5. The van der Waals surface area contributed by atoms with E-state index < -0.39 is 10.2 Å². The van der Waals surface area contributed by atoms with E-state index in [1.54, 1.807) is 4.31 Å². The number of morpholine rings is 1. The van der Waals surface area contributed by atoms with Crippen LogP contribution in [0.2, 0.25) is 0 Å². The van der Waals surface area contributed by atoms with Crippen LogP contribution < -0.4 is 5.32 Å². The van der Waals surface area contributed by atoms with E-state index in [0.29, 0.717) is 65.4 Å². The minimum absolute atomic E-state index is 0.199. The van der Waals surface area contributed by atoms with Crippen molar-refractivity contribution >= 4 is 16.1 Å². The van der Waals surface area contributed by atoms with Gasteiger partial charge in [0.25, 0.3) is 10.2 Å². The van der Waals surface area contributed by atoms with Crippen LogP contribution in [0.1, 0.15) is 6.42 Å². The van der Waals surface area contributed by atoms with E-state index in [9.17, 15) is 13.2 Å². The largest absolute Gasteiger partial charge is 0.379 e. The monoisotopic (exact) mass is 375 g/mol. The van der Waals surface area contributed by atoms with E-state index in [1.165, 1.54) is 4.31 Å². The van der Waals surface area contributed by atoms with Gasteiger partial charge >= 0.3 is 0 Å². The highest BCUT2D eigenvalue weighted by Gasteiger charge is 2.33. The maximum absolute atomic E-state index is 12.6. The lowest BCUT2D eigenvalue weighted by Crippen LogP contribution is -2.55. The summed E-state index contributed by atoms with van der Waals surface area (Å²) >= 11 is 0. The topological polar surface area (TPSA) is 85.4 Å². The van der Waals surface area contributed by atoms with Gasteiger partial charge in [-0.25, -0.2) is 0 Å². The summed E-state index contributed by atoms with van der Waals surface area (Å²) in [6.07, 6.45) is 0.510. The Morgan fingerprint density at radius 2 is 1.48 bits per heavy atom. The summed E-state index contributed by atoms with van der Waals surface area (Å²) in [5.41, 5.74) is 0. The molecule has 0 aromatic carbocycles. The lowest BCUT2D eigenvalue weighted by atomic mass is 10.2. The Labute approximate surface area is 150 Å². The molecule has 0 bridgehead atoms. The van der Waals surface area contributed by atoms with Crippen LogP contribution in [0.4, 0.5) is 0 Å². The second kappa shape index (κ2) is 8.74. The minimum atomic E-state index is -3.38. The van der Waals surface area contributed by atoms with Gasteiger partial charge in [-0.1, -0.05) is 0 Å². The molecule has 0 radical (unpaired) electrons. The lowest BCUT2D eigenvalue weighted by Gasteiger charge is -2.37. The Hall–Kier alpha value is -0.780. The number of amides is 1. The van der Waals surface area contributed by atoms with Crippen LogP contribution in [-0.4, -0.2) is 118 Å². The second-order valence-electron chi connectivity index (χ2n) is 6.64. The molecule has 0 saturated carbocycles. The first kappa shape index (κ1) is 19.0. The molecule has 1 amide bonds. The fourth-order valence-electron chi connectivity index (χ4n) is 3.45. The Balaban J connectivity index is 1.41. The molecule has 3 aliphatic rings. The molecule has 3 rings (SSSR count). The zero-order chi connectivity index (χ0) is 17.7. The summed E-state index contributed by atoms with van der Waals surface area (Å²) in [6.45, 7) is 8.13. The predicted molar refractivity (Wildman–Crippen MR) is 93.4 cm³/mol. The van der Waals surface area contributed by atoms with Crippen LogP contribution in [0.5, 0.6) is 0 Å². The smallest absolute Gasteiger partial charge is 0.282 e. The van der Waals surface area contributed by atoms with Gasteiger partial charge in [-0.2, -0.15) is 17.0 Å². The van der Waals surface area contributed by atoms with E-state index in [1.807, 2.05) is 4.90 Å². The van der Waals surface area contributed by atoms with Gasteiger partial charge < -0.3 is 19.9 Å². The maximum Gasteiger partial charge on any atom is 0.282 e. The van der Waals surface area contributed by atoms with Crippen molar-refractivity contribution in [3.8, 4) is 0 Å². The molecule has 0 aliphatic carbocycles. The second-order valence-corrected chi connectivity index (χ2v) is 8.57. The van der Waals surface area contributed by atoms with Gasteiger partial charge in [0.1, 0.15) is 0 Å². The van der Waals surface area contributed by atoms with E-state index in [4.69, 9.17) is 4.74 Å². The molecule has 0 aromatic rings. The Kier molecular flexibility index (Phi) is 6.64. The number of nitrogens with zero attached hydrogens (tertiary/aromatic N) is 4. The fourth-order valence-corrected chi connectivity index (χ4v) is 5.01. The van der Waals surface area contributed by atoms with Crippen molar-refractivity contribution in [3.05, 3.63) is 0 Å².